The minimum atomic E-state index is -0.296. The molecule has 2 amide bonds. The summed E-state index contributed by atoms with van der Waals surface area (Å²) in [6, 6.07) is 8.06. The fourth-order valence-corrected chi connectivity index (χ4v) is 3.10. The number of hydrogen-bond acceptors (Lipinski definition) is 3. The number of pyridine rings is 1. The normalized spacial score (nSPS) is 14.6. The van der Waals surface area contributed by atoms with Gasteiger partial charge in [0.05, 0.1) is 6.04 Å². The lowest BCUT2D eigenvalue weighted by Crippen LogP contribution is -2.38. The van der Waals surface area contributed by atoms with E-state index in [1.807, 2.05) is 19.9 Å². The van der Waals surface area contributed by atoms with E-state index in [4.69, 9.17) is 11.2 Å². The van der Waals surface area contributed by atoms with Gasteiger partial charge in [-0.2, -0.15) is 0 Å². The van der Waals surface area contributed by atoms with Gasteiger partial charge in [-0.25, -0.2) is 14.2 Å². The van der Waals surface area contributed by atoms with Gasteiger partial charge in [0, 0.05) is 18.8 Å². The van der Waals surface area contributed by atoms with E-state index in [-0.39, 0.29) is 24.5 Å². The summed E-state index contributed by atoms with van der Waals surface area (Å²) in [4.78, 5) is 16.3. The van der Waals surface area contributed by atoms with Crippen molar-refractivity contribution in [1.82, 2.24) is 15.6 Å². The number of carbonyl (C=O) groups excluding carboxylic acids is 1. The third-order valence-electron chi connectivity index (χ3n) is 4.31. The van der Waals surface area contributed by atoms with Crippen LogP contribution in [0.2, 0.25) is 0 Å². The Labute approximate surface area is 165 Å². The van der Waals surface area contributed by atoms with Crippen LogP contribution in [0, 0.1) is 18.2 Å². The number of hydrogen-bond donors (Lipinski definition) is 2. The number of urea groups is 1. The topological polar surface area (TPSA) is 63.2 Å². The maximum atomic E-state index is 13.9. The van der Waals surface area contributed by atoms with Crippen LogP contribution in [0.1, 0.15) is 49.4 Å². The van der Waals surface area contributed by atoms with Crippen molar-refractivity contribution in [2.75, 3.05) is 6.61 Å². The van der Waals surface area contributed by atoms with E-state index in [0.717, 1.165) is 24.0 Å². The molecule has 1 unspecified atom stereocenters. The molecule has 2 aromatic rings. The molecule has 28 heavy (non-hydrogen) atoms. The lowest BCUT2D eigenvalue weighted by atomic mass is 9.87. The summed E-state index contributed by atoms with van der Waals surface area (Å²) in [5, 5.41) is 5.74. The Morgan fingerprint density at radius 3 is 3.00 bits per heavy atom. The van der Waals surface area contributed by atoms with Gasteiger partial charge in [0.2, 0.25) is 5.88 Å². The van der Waals surface area contributed by atoms with Crippen LogP contribution < -0.4 is 15.4 Å². The predicted molar refractivity (Wildman–Crippen MR) is 107 cm³/mol. The van der Waals surface area contributed by atoms with Gasteiger partial charge in [-0.15, -0.1) is 6.42 Å². The first-order chi connectivity index (χ1) is 13.7. The van der Waals surface area contributed by atoms with E-state index in [9.17, 15) is 9.18 Å². The van der Waals surface area contributed by atoms with Crippen molar-refractivity contribution in [3.63, 3.8) is 0 Å². The van der Waals surface area contributed by atoms with E-state index in [0.29, 0.717) is 24.4 Å². The zero-order chi connectivity index (χ0) is 20.4. The van der Waals surface area contributed by atoms with Crippen molar-refractivity contribution >= 4 is 6.03 Å². The standard InChI is InChI=1S/C20H20FN3O2.C2H6/c1-2-11-26-19-12-14(9-10-22-19)13-23-20(25)24-18-8-4-5-15-16(18)6-3-7-17(15)21;1-2/h1,3,6-7,9-10,12,18H,4-5,8,11,13H2,(H2,23,24,25);1-2H3. The number of terminal acetylenes is 1. The molecule has 3 rings (SSSR count). The number of fused-ring (bicyclic) bond motifs is 1. The van der Waals surface area contributed by atoms with E-state index < -0.39 is 0 Å². The Hall–Kier alpha value is -3.07. The molecule has 5 nitrogen and oxygen atoms in total. The third-order valence-corrected chi connectivity index (χ3v) is 4.31. The van der Waals surface area contributed by atoms with E-state index >= 15 is 0 Å². The van der Waals surface area contributed by atoms with Crippen LogP contribution in [0.5, 0.6) is 5.88 Å². The molecule has 0 spiro atoms. The van der Waals surface area contributed by atoms with Gasteiger partial charge in [0.25, 0.3) is 0 Å². The highest BCUT2D eigenvalue weighted by atomic mass is 19.1. The molecule has 0 radical (unpaired) electrons. The second-order valence-corrected chi connectivity index (χ2v) is 6.07. The van der Waals surface area contributed by atoms with Crippen molar-refractivity contribution in [2.45, 2.75) is 45.7 Å². The summed E-state index contributed by atoms with van der Waals surface area (Å²) in [5.41, 5.74) is 2.41. The predicted octanol–water partition coefficient (Wildman–Crippen LogP) is 4.14. The highest BCUT2D eigenvalue weighted by Gasteiger charge is 2.23. The molecule has 6 heteroatoms. The van der Waals surface area contributed by atoms with Crippen LogP contribution in [-0.2, 0) is 13.0 Å². The van der Waals surface area contributed by atoms with Crippen LogP contribution in [-0.4, -0.2) is 17.6 Å². The van der Waals surface area contributed by atoms with Crippen molar-refractivity contribution in [3.8, 4) is 18.2 Å². The van der Waals surface area contributed by atoms with Gasteiger partial charge in [-0.3, -0.25) is 0 Å². The molecule has 1 aromatic heterocycles. The van der Waals surface area contributed by atoms with E-state index in [1.165, 1.54) is 6.07 Å². The summed E-state index contributed by atoms with van der Waals surface area (Å²) in [7, 11) is 0. The third kappa shape index (κ3) is 5.71. The Morgan fingerprint density at radius 1 is 1.39 bits per heavy atom. The lowest BCUT2D eigenvalue weighted by Gasteiger charge is -2.26. The molecule has 2 N–H and O–H groups in total. The first-order valence-electron chi connectivity index (χ1n) is 9.50. The van der Waals surface area contributed by atoms with Crippen LogP contribution in [0.4, 0.5) is 9.18 Å². The van der Waals surface area contributed by atoms with Crippen molar-refractivity contribution < 1.29 is 13.9 Å². The average Bonchev–Trinajstić information content (AvgIpc) is 2.73. The van der Waals surface area contributed by atoms with Gasteiger partial charge in [-0.05, 0) is 48.1 Å². The van der Waals surface area contributed by atoms with Crippen LogP contribution in [0.3, 0.4) is 0 Å². The molecule has 148 valence electrons. The first-order valence-corrected chi connectivity index (χ1v) is 9.50. The zero-order valence-electron chi connectivity index (χ0n) is 16.3. The highest BCUT2D eigenvalue weighted by molar-refractivity contribution is 5.74. The van der Waals surface area contributed by atoms with Gasteiger partial charge < -0.3 is 15.4 Å². The zero-order valence-corrected chi connectivity index (χ0v) is 16.3. The molecule has 1 aliphatic rings. The largest absolute Gasteiger partial charge is 0.464 e. The number of halogens is 1. The van der Waals surface area contributed by atoms with Crippen molar-refractivity contribution in [3.05, 3.63) is 59.0 Å². The highest BCUT2D eigenvalue weighted by Crippen LogP contribution is 2.31. The first kappa shape index (κ1) is 21.2. The number of amides is 2. The number of aromatic nitrogens is 1. The maximum Gasteiger partial charge on any atom is 0.315 e. The minimum absolute atomic E-state index is 0.141. The molecule has 0 fully saturated rings. The Balaban J connectivity index is 0.00000136. The number of nitrogens with zero attached hydrogens (tertiary/aromatic N) is 1. The number of carbonyl (C=O) groups is 1. The summed E-state index contributed by atoms with van der Waals surface area (Å²) in [6.45, 7) is 4.46. The summed E-state index contributed by atoms with van der Waals surface area (Å²) < 4.78 is 19.2. The second-order valence-electron chi connectivity index (χ2n) is 6.07. The average molecular weight is 383 g/mol. The SMILES string of the molecule is C#CCOc1cc(CNC(=O)NC2CCCc3c(F)cccc32)ccn1.CC. The van der Waals surface area contributed by atoms with Gasteiger partial charge in [0.15, 0.2) is 6.61 Å². The quantitative estimate of drug-likeness (QED) is 0.763. The molecule has 0 saturated heterocycles. The number of rotatable bonds is 5. The molecule has 1 atom stereocenters. The maximum absolute atomic E-state index is 13.9. The Morgan fingerprint density at radius 2 is 2.21 bits per heavy atom. The summed E-state index contributed by atoms with van der Waals surface area (Å²) in [5.74, 6) is 2.59. The molecular weight excluding hydrogens is 357 g/mol. The number of benzene rings is 1. The van der Waals surface area contributed by atoms with E-state index in [1.54, 1.807) is 24.4 Å². The van der Waals surface area contributed by atoms with Gasteiger partial charge >= 0.3 is 6.03 Å². The van der Waals surface area contributed by atoms with Gasteiger partial charge in [0.1, 0.15) is 5.82 Å². The number of nitrogens with one attached hydrogen (secondary N) is 2. The Bertz CT molecular complexity index is 833. The van der Waals surface area contributed by atoms with Crippen molar-refractivity contribution in [2.24, 2.45) is 0 Å². The lowest BCUT2D eigenvalue weighted by molar-refractivity contribution is 0.235. The Kier molecular flexibility index (Phi) is 8.29. The van der Waals surface area contributed by atoms with Crippen LogP contribution in [0.25, 0.3) is 0 Å². The molecular formula is C22H26FN3O2. The fraction of sp³-hybridized carbons (Fsp3) is 0.364. The minimum Gasteiger partial charge on any atom is -0.464 e. The monoisotopic (exact) mass is 383 g/mol. The van der Waals surface area contributed by atoms with E-state index in [2.05, 4.69) is 21.5 Å². The fourth-order valence-electron chi connectivity index (χ4n) is 3.10. The summed E-state index contributed by atoms with van der Waals surface area (Å²) in [6.07, 6.45) is 9.10. The molecule has 0 bridgehead atoms. The molecule has 0 aliphatic heterocycles. The second kappa shape index (κ2) is 10.9. The smallest absolute Gasteiger partial charge is 0.315 e. The summed E-state index contributed by atoms with van der Waals surface area (Å²) >= 11 is 0. The molecule has 1 aliphatic carbocycles. The molecule has 0 saturated carbocycles. The van der Waals surface area contributed by atoms with Gasteiger partial charge in [-0.1, -0.05) is 31.9 Å². The van der Waals surface area contributed by atoms with Crippen LogP contribution >= 0.6 is 0 Å². The van der Waals surface area contributed by atoms with Crippen molar-refractivity contribution in [1.29, 1.82) is 0 Å². The number of ether oxygens (including phenoxy) is 1. The molecule has 1 heterocycles. The molecule has 1 aromatic carbocycles. The van der Waals surface area contributed by atoms with Crippen LogP contribution in [0.15, 0.2) is 36.5 Å².